The third kappa shape index (κ3) is 4.55. The Bertz CT molecular complexity index is 1170. The molecule has 0 unspecified atom stereocenters. The van der Waals surface area contributed by atoms with Crippen molar-refractivity contribution in [3.63, 3.8) is 0 Å². The quantitative estimate of drug-likeness (QED) is 0.255. The molecule has 0 bridgehead atoms. The zero-order valence-corrected chi connectivity index (χ0v) is 19.2. The van der Waals surface area contributed by atoms with Gasteiger partial charge in [-0.25, -0.2) is 0 Å². The number of nitriles is 1. The minimum atomic E-state index is -0.461. The molecule has 3 aromatic rings. The van der Waals surface area contributed by atoms with E-state index in [2.05, 4.69) is 38.5 Å². The highest BCUT2D eigenvalue weighted by Gasteiger charge is 2.15. The number of amides is 1. The second-order valence-electron chi connectivity index (χ2n) is 6.68. The van der Waals surface area contributed by atoms with Crippen LogP contribution in [0.25, 0.3) is 11.8 Å². The average Bonchev–Trinajstić information content (AvgIpc) is 2.96. The molecule has 1 N–H and O–H groups in total. The molecule has 0 saturated carbocycles. The van der Waals surface area contributed by atoms with E-state index in [-0.39, 0.29) is 5.57 Å². The molecule has 1 heterocycles. The van der Waals surface area contributed by atoms with Gasteiger partial charge in [0.15, 0.2) is 0 Å². The number of aryl methyl sites for hydroxylation is 1. The molecule has 0 aliphatic rings. The summed E-state index contributed by atoms with van der Waals surface area (Å²) in [6, 6.07) is 17.4. The van der Waals surface area contributed by atoms with Crippen molar-refractivity contribution in [2.75, 3.05) is 5.32 Å². The van der Waals surface area contributed by atoms with Crippen molar-refractivity contribution in [1.82, 2.24) is 4.57 Å². The van der Waals surface area contributed by atoms with Gasteiger partial charge >= 0.3 is 0 Å². The minimum Gasteiger partial charge on any atom is -0.321 e. The molecule has 0 fully saturated rings. The molecule has 1 amide bonds. The minimum absolute atomic E-state index is 0.0345. The van der Waals surface area contributed by atoms with Gasteiger partial charge in [0.25, 0.3) is 5.91 Å². The lowest BCUT2D eigenvalue weighted by Crippen LogP contribution is -2.14. The topological polar surface area (TPSA) is 57.8 Å². The van der Waals surface area contributed by atoms with E-state index >= 15 is 0 Å². The number of anilines is 1. The average molecular weight is 516 g/mol. The van der Waals surface area contributed by atoms with Gasteiger partial charge in [-0.05, 0) is 97.0 Å². The second kappa shape index (κ2) is 8.85. The van der Waals surface area contributed by atoms with Gasteiger partial charge in [-0.2, -0.15) is 5.26 Å². The summed E-state index contributed by atoms with van der Waals surface area (Å²) in [6.45, 7) is 5.81. The zero-order chi connectivity index (χ0) is 21.1. The molecule has 0 aliphatic heterocycles. The highest BCUT2D eigenvalue weighted by molar-refractivity contribution is 14.1. The van der Waals surface area contributed by atoms with Crippen LogP contribution >= 0.6 is 34.2 Å². The first-order valence-corrected chi connectivity index (χ1v) is 10.4. The molecule has 29 heavy (non-hydrogen) atoms. The summed E-state index contributed by atoms with van der Waals surface area (Å²) in [5.41, 5.74) is 5.25. The van der Waals surface area contributed by atoms with Crippen LogP contribution in [-0.4, -0.2) is 10.5 Å². The van der Waals surface area contributed by atoms with Gasteiger partial charge in [-0.15, -0.1) is 0 Å². The number of hydrogen-bond donors (Lipinski definition) is 1. The van der Waals surface area contributed by atoms with Crippen molar-refractivity contribution in [3.8, 4) is 11.8 Å². The lowest BCUT2D eigenvalue weighted by Gasteiger charge is -2.10. The molecule has 0 aliphatic carbocycles. The number of rotatable bonds is 4. The van der Waals surface area contributed by atoms with Gasteiger partial charge in [0.05, 0.1) is 0 Å². The number of benzene rings is 2. The largest absolute Gasteiger partial charge is 0.321 e. The van der Waals surface area contributed by atoms with Gasteiger partial charge in [-0.3, -0.25) is 4.79 Å². The molecule has 6 heteroatoms. The number of carbonyl (C=O) groups is 1. The van der Waals surface area contributed by atoms with Crippen LogP contribution < -0.4 is 5.32 Å². The zero-order valence-electron chi connectivity index (χ0n) is 16.3. The van der Waals surface area contributed by atoms with Gasteiger partial charge in [-0.1, -0.05) is 23.7 Å². The summed E-state index contributed by atoms with van der Waals surface area (Å²) in [7, 11) is 0. The van der Waals surface area contributed by atoms with Crippen LogP contribution in [0.4, 0.5) is 5.69 Å². The summed E-state index contributed by atoms with van der Waals surface area (Å²) < 4.78 is 3.25. The first kappa shape index (κ1) is 21.2. The number of nitrogens with zero attached hydrogens (tertiary/aromatic N) is 2. The molecule has 0 saturated heterocycles. The van der Waals surface area contributed by atoms with Crippen LogP contribution in [0, 0.1) is 35.7 Å². The Morgan fingerprint density at radius 2 is 1.90 bits per heavy atom. The van der Waals surface area contributed by atoms with Crippen LogP contribution in [0.1, 0.15) is 22.5 Å². The van der Waals surface area contributed by atoms with E-state index in [9.17, 15) is 10.1 Å². The fourth-order valence-corrected chi connectivity index (χ4v) is 3.88. The molecular weight excluding hydrogens is 497 g/mol. The molecule has 4 nitrogen and oxygen atoms in total. The maximum absolute atomic E-state index is 12.7. The Morgan fingerprint density at radius 1 is 1.17 bits per heavy atom. The van der Waals surface area contributed by atoms with Crippen LogP contribution in [0.5, 0.6) is 0 Å². The van der Waals surface area contributed by atoms with E-state index in [1.54, 1.807) is 24.3 Å². The van der Waals surface area contributed by atoms with Gasteiger partial charge in [0.1, 0.15) is 11.6 Å². The van der Waals surface area contributed by atoms with Crippen LogP contribution in [-0.2, 0) is 4.79 Å². The molecule has 146 valence electrons. The summed E-state index contributed by atoms with van der Waals surface area (Å²) in [5.74, 6) is -0.461. The van der Waals surface area contributed by atoms with Crippen molar-refractivity contribution in [1.29, 1.82) is 5.26 Å². The summed E-state index contributed by atoms with van der Waals surface area (Å²) >= 11 is 8.40. The highest BCUT2D eigenvalue weighted by atomic mass is 127. The Kier molecular flexibility index (Phi) is 6.46. The molecule has 3 rings (SSSR count). The molecule has 0 atom stereocenters. The second-order valence-corrected chi connectivity index (χ2v) is 8.33. The van der Waals surface area contributed by atoms with E-state index < -0.39 is 5.91 Å². The van der Waals surface area contributed by atoms with E-state index in [1.165, 1.54) is 0 Å². The Balaban J connectivity index is 1.96. The molecule has 0 radical (unpaired) electrons. The molecule has 0 spiro atoms. The Hall–Kier alpha value is -2.56. The van der Waals surface area contributed by atoms with E-state index in [4.69, 9.17) is 11.6 Å². The highest BCUT2D eigenvalue weighted by Crippen LogP contribution is 2.26. The number of nitrogens with one attached hydrogen (secondary N) is 1. The number of hydrogen-bond acceptors (Lipinski definition) is 2. The predicted molar refractivity (Wildman–Crippen MR) is 126 cm³/mol. The van der Waals surface area contributed by atoms with E-state index in [1.807, 2.05) is 51.1 Å². The monoisotopic (exact) mass is 515 g/mol. The Morgan fingerprint density at radius 3 is 2.59 bits per heavy atom. The lowest BCUT2D eigenvalue weighted by molar-refractivity contribution is -0.112. The maximum atomic E-state index is 12.7. The van der Waals surface area contributed by atoms with Gasteiger partial charge < -0.3 is 9.88 Å². The maximum Gasteiger partial charge on any atom is 0.266 e. The standard InChI is InChI=1S/C23H19ClIN3O/c1-14-10-17(16(3)28(14)20-7-4-6-19(25)12-20)11-18(13-26)23(29)27-22-9-5-8-21(24)15(22)2/h4-12H,1-3H3,(H,27,29)/b18-11-. The van der Waals surface area contributed by atoms with E-state index in [0.717, 1.165) is 31.8 Å². The number of carbonyl (C=O) groups excluding carboxylic acids is 1. The summed E-state index contributed by atoms with van der Waals surface area (Å²) in [6.07, 6.45) is 1.63. The van der Waals surface area contributed by atoms with Crippen molar-refractivity contribution >= 4 is 51.9 Å². The normalized spacial score (nSPS) is 11.2. The van der Waals surface area contributed by atoms with Crippen LogP contribution in [0.15, 0.2) is 54.1 Å². The van der Waals surface area contributed by atoms with Crippen molar-refractivity contribution < 1.29 is 4.79 Å². The molecule has 1 aromatic heterocycles. The smallest absolute Gasteiger partial charge is 0.266 e. The lowest BCUT2D eigenvalue weighted by atomic mass is 10.1. The SMILES string of the molecule is Cc1c(Cl)cccc1NC(=O)/C(C#N)=C\c1cc(C)n(-c2cccc(I)c2)c1C. The number of aromatic nitrogens is 1. The Labute approximate surface area is 188 Å². The first-order chi connectivity index (χ1) is 13.8. The first-order valence-electron chi connectivity index (χ1n) is 8.95. The third-order valence-corrected chi connectivity index (χ3v) is 5.80. The summed E-state index contributed by atoms with van der Waals surface area (Å²) in [4.78, 5) is 12.7. The van der Waals surface area contributed by atoms with E-state index in [0.29, 0.717) is 10.7 Å². The van der Waals surface area contributed by atoms with Crippen molar-refractivity contribution in [2.24, 2.45) is 0 Å². The fourth-order valence-electron chi connectivity index (χ4n) is 3.18. The summed E-state index contributed by atoms with van der Waals surface area (Å²) in [5, 5.41) is 12.9. The predicted octanol–water partition coefficient (Wildman–Crippen LogP) is 6.21. The molecule has 2 aromatic carbocycles. The van der Waals surface area contributed by atoms with Crippen molar-refractivity contribution in [3.05, 3.63) is 85.2 Å². The van der Waals surface area contributed by atoms with Crippen molar-refractivity contribution in [2.45, 2.75) is 20.8 Å². The van der Waals surface area contributed by atoms with Crippen LogP contribution in [0.2, 0.25) is 5.02 Å². The third-order valence-electron chi connectivity index (χ3n) is 4.72. The van der Waals surface area contributed by atoms with Gasteiger partial charge in [0, 0.05) is 31.4 Å². The fraction of sp³-hybridized carbons (Fsp3) is 0.130. The van der Waals surface area contributed by atoms with Crippen LogP contribution in [0.3, 0.4) is 0 Å². The van der Waals surface area contributed by atoms with Gasteiger partial charge in [0.2, 0.25) is 0 Å². The number of halogens is 2. The molecular formula is C23H19ClIN3O.